The number of hydrogen-bond acceptors (Lipinski definition) is 2. The highest BCUT2D eigenvalue weighted by Gasteiger charge is 2.48. The largest absolute Gasteiger partial charge is 0.468 e. The minimum absolute atomic E-state index is 0.0973. The molecular weight excluding hydrogens is 212 g/mol. The van der Waals surface area contributed by atoms with E-state index in [9.17, 15) is 5.11 Å². The first-order valence-corrected chi connectivity index (χ1v) is 6.49. The van der Waals surface area contributed by atoms with Gasteiger partial charge in [0.25, 0.3) is 0 Å². The van der Waals surface area contributed by atoms with E-state index in [4.69, 9.17) is 4.42 Å². The summed E-state index contributed by atoms with van der Waals surface area (Å²) in [5.41, 5.74) is 3.40. The van der Waals surface area contributed by atoms with Gasteiger partial charge in [0.05, 0.1) is 12.4 Å². The van der Waals surface area contributed by atoms with Crippen LogP contribution in [0.25, 0.3) is 0 Å². The van der Waals surface area contributed by atoms with Gasteiger partial charge in [-0.1, -0.05) is 25.5 Å². The number of hydrogen-bond donors (Lipinski definition) is 1. The topological polar surface area (TPSA) is 33.4 Å². The molecule has 0 spiro atoms. The summed E-state index contributed by atoms with van der Waals surface area (Å²) < 4.78 is 5.59. The zero-order chi connectivity index (χ0) is 12.2. The van der Waals surface area contributed by atoms with Gasteiger partial charge in [0, 0.05) is 17.4 Å². The predicted octanol–water partition coefficient (Wildman–Crippen LogP) is 3.54. The first-order chi connectivity index (χ1) is 8.05. The number of fused-ring (bicyclic) bond motifs is 2. The summed E-state index contributed by atoms with van der Waals surface area (Å²) in [5.74, 6) is 1.49. The summed E-state index contributed by atoms with van der Waals surface area (Å²) >= 11 is 0. The average Bonchev–Trinajstić information content (AvgIpc) is 2.65. The van der Waals surface area contributed by atoms with Crippen LogP contribution in [-0.2, 0) is 6.42 Å². The van der Waals surface area contributed by atoms with Crippen molar-refractivity contribution in [1.82, 2.24) is 0 Å². The second kappa shape index (κ2) is 3.49. The fourth-order valence-electron chi connectivity index (χ4n) is 3.54. The highest BCUT2D eigenvalue weighted by atomic mass is 16.3. The molecule has 1 heterocycles. The maximum atomic E-state index is 10.8. The van der Waals surface area contributed by atoms with Gasteiger partial charge < -0.3 is 9.52 Å². The molecule has 0 saturated carbocycles. The summed E-state index contributed by atoms with van der Waals surface area (Å²) in [5, 5.41) is 10.8. The first-order valence-electron chi connectivity index (χ1n) is 6.49. The van der Waals surface area contributed by atoms with E-state index >= 15 is 0 Å². The van der Waals surface area contributed by atoms with Crippen molar-refractivity contribution >= 4 is 0 Å². The third kappa shape index (κ3) is 1.30. The second-order valence-corrected chi connectivity index (χ2v) is 5.83. The van der Waals surface area contributed by atoms with Crippen molar-refractivity contribution in [3.63, 3.8) is 0 Å². The predicted molar refractivity (Wildman–Crippen MR) is 66.7 cm³/mol. The monoisotopic (exact) mass is 232 g/mol. The Labute approximate surface area is 102 Å². The Hall–Kier alpha value is -1.02. The van der Waals surface area contributed by atoms with Crippen LogP contribution in [0.5, 0.6) is 0 Å². The Morgan fingerprint density at radius 3 is 3.00 bits per heavy atom. The maximum Gasteiger partial charge on any atom is 0.113 e. The number of aliphatic hydroxyl groups excluding tert-OH is 1. The molecular formula is C15H20O2. The lowest BCUT2D eigenvalue weighted by Gasteiger charge is -2.47. The molecule has 0 fully saturated rings. The van der Waals surface area contributed by atoms with Crippen LogP contribution in [0.15, 0.2) is 22.3 Å². The van der Waals surface area contributed by atoms with Gasteiger partial charge in [-0.15, -0.1) is 0 Å². The molecule has 2 heteroatoms. The van der Waals surface area contributed by atoms with Crippen molar-refractivity contribution in [2.75, 3.05) is 0 Å². The fourth-order valence-corrected chi connectivity index (χ4v) is 3.54. The first kappa shape index (κ1) is 11.1. The summed E-state index contributed by atoms with van der Waals surface area (Å²) in [7, 11) is 0. The van der Waals surface area contributed by atoms with Gasteiger partial charge in [0.1, 0.15) is 5.76 Å². The molecule has 1 aromatic rings. The van der Waals surface area contributed by atoms with Crippen molar-refractivity contribution in [3.8, 4) is 0 Å². The van der Waals surface area contributed by atoms with Crippen molar-refractivity contribution in [2.24, 2.45) is 11.3 Å². The molecule has 0 aromatic carbocycles. The number of rotatable bonds is 0. The molecule has 3 rings (SSSR count). The molecule has 0 unspecified atom stereocenters. The van der Waals surface area contributed by atoms with Gasteiger partial charge in [-0.25, -0.2) is 0 Å². The SMILES string of the molecule is Cc1coc2c1[C@@H](O)[C@@]1(C)C(=CCC[C@@H]1C)C2. The van der Waals surface area contributed by atoms with Crippen LogP contribution in [0.3, 0.4) is 0 Å². The van der Waals surface area contributed by atoms with E-state index in [-0.39, 0.29) is 5.41 Å². The van der Waals surface area contributed by atoms with Gasteiger partial charge >= 0.3 is 0 Å². The van der Waals surface area contributed by atoms with E-state index in [1.165, 1.54) is 12.0 Å². The molecule has 0 bridgehead atoms. The average molecular weight is 232 g/mol. The van der Waals surface area contributed by atoms with E-state index in [0.29, 0.717) is 5.92 Å². The van der Waals surface area contributed by atoms with Gasteiger partial charge in [0.15, 0.2) is 0 Å². The Morgan fingerprint density at radius 1 is 1.47 bits per heavy atom. The molecule has 0 aliphatic heterocycles. The molecule has 1 N–H and O–H groups in total. The lowest BCUT2D eigenvalue weighted by molar-refractivity contribution is 0.00630. The van der Waals surface area contributed by atoms with E-state index in [1.54, 1.807) is 6.26 Å². The lowest BCUT2D eigenvalue weighted by Crippen LogP contribution is -2.40. The molecule has 2 aliphatic carbocycles. The molecule has 0 radical (unpaired) electrons. The van der Waals surface area contributed by atoms with Crippen LogP contribution < -0.4 is 0 Å². The minimum atomic E-state index is -0.411. The molecule has 17 heavy (non-hydrogen) atoms. The standard InChI is InChI=1S/C15H20O2/c1-9-8-17-12-7-11-6-4-5-10(2)15(11,3)14(16)13(9)12/h6,8,10,14,16H,4-5,7H2,1-3H3/t10-,14+,15+/m0/s1. The lowest BCUT2D eigenvalue weighted by atomic mass is 9.59. The van der Waals surface area contributed by atoms with Crippen molar-refractivity contribution in [2.45, 2.75) is 46.1 Å². The molecule has 0 amide bonds. The number of furan rings is 1. The van der Waals surface area contributed by atoms with E-state index in [1.807, 2.05) is 6.92 Å². The van der Waals surface area contributed by atoms with Crippen LogP contribution in [0.1, 0.15) is 49.7 Å². The van der Waals surface area contributed by atoms with Crippen LogP contribution >= 0.6 is 0 Å². The van der Waals surface area contributed by atoms with Crippen LogP contribution in [0.2, 0.25) is 0 Å². The molecule has 0 saturated heterocycles. The number of allylic oxidation sites excluding steroid dienone is 1. The summed E-state index contributed by atoms with van der Waals surface area (Å²) in [6.07, 6.45) is 6.86. The second-order valence-electron chi connectivity index (χ2n) is 5.83. The Balaban J connectivity index is 2.18. The normalized spacial score (nSPS) is 36.1. The smallest absolute Gasteiger partial charge is 0.113 e. The highest BCUT2D eigenvalue weighted by molar-refractivity contribution is 5.42. The third-order valence-electron chi connectivity index (χ3n) is 5.00. The van der Waals surface area contributed by atoms with Crippen LogP contribution in [0, 0.1) is 18.3 Å². The summed E-state index contributed by atoms with van der Waals surface area (Å²) in [6.45, 7) is 6.50. The van der Waals surface area contributed by atoms with Gasteiger partial charge in [-0.05, 0) is 31.2 Å². The molecule has 2 aliphatic rings. The number of aliphatic hydroxyl groups is 1. The van der Waals surface area contributed by atoms with E-state index in [0.717, 1.165) is 29.7 Å². The maximum absolute atomic E-state index is 10.8. The molecule has 1 aromatic heterocycles. The van der Waals surface area contributed by atoms with Gasteiger partial charge in [-0.3, -0.25) is 0 Å². The molecule has 3 atom stereocenters. The summed E-state index contributed by atoms with van der Waals surface area (Å²) in [4.78, 5) is 0. The highest BCUT2D eigenvalue weighted by Crippen LogP contribution is 2.55. The Morgan fingerprint density at radius 2 is 2.24 bits per heavy atom. The van der Waals surface area contributed by atoms with Crippen LogP contribution in [-0.4, -0.2) is 5.11 Å². The Kier molecular flexibility index (Phi) is 2.27. The van der Waals surface area contributed by atoms with E-state index in [2.05, 4.69) is 19.9 Å². The van der Waals surface area contributed by atoms with Crippen molar-refractivity contribution in [3.05, 3.63) is 34.8 Å². The van der Waals surface area contributed by atoms with Gasteiger partial charge in [-0.2, -0.15) is 0 Å². The van der Waals surface area contributed by atoms with Gasteiger partial charge in [0.2, 0.25) is 0 Å². The van der Waals surface area contributed by atoms with E-state index < -0.39 is 6.10 Å². The van der Waals surface area contributed by atoms with Crippen molar-refractivity contribution in [1.29, 1.82) is 0 Å². The zero-order valence-corrected chi connectivity index (χ0v) is 10.8. The third-order valence-corrected chi connectivity index (χ3v) is 5.00. The fraction of sp³-hybridized carbons (Fsp3) is 0.600. The van der Waals surface area contributed by atoms with Crippen molar-refractivity contribution < 1.29 is 9.52 Å². The van der Waals surface area contributed by atoms with Crippen LogP contribution in [0.4, 0.5) is 0 Å². The quantitative estimate of drug-likeness (QED) is 0.694. The molecule has 2 nitrogen and oxygen atoms in total. The zero-order valence-electron chi connectivity index (χ0n) is 10.8. The number of aryl methyl sites for hydroxylation is 1. The Bertz CT molecular complexity index is 483. The minimum Gasteiger partial charge on any atom is -0.468 e. The summed E-state index contributed by atoms with van der Waals surface area (Å²) in [6, 6.07) is 0. The molecule has 92 valence electrons.